The number of fused-ring (bicyclic) bond motifs is 1. The summed E-state index contributed by atoms with van der Waals surface area (Å²) in [5.74, 6) is -1.69. The average molecular weight is 619 g/mol. The van der Waals surface area contributed by atoms with Crippen molar-refractivity contribution in [3.8, 4) is 0 Å². The van der Waals surface area contributed by atoms with Gasteiger partial charge in [-0.05, 0) is 18.1 Å². The molecule has 5 rings (SSSR count). The molecular formula is C32H35FN6O6. The fraction of sp³-hybridized carbons (Fsp3) is 0.375. The first-order valence-electron chi connectivity index (χ1n) is 14.6. The Kier molecular flexibility index (Phi) is 9.37. The van der Waals surface area contributed by atoms with Gasteiger partial charge in [0.25, 0.3) is 0 Å². The Labute approximate surface area is 259 Å². The molecule has 0 spiro atoms. The molecule has 4 atom stereocenters. The van der Waals surface area contributed by atoms with Crippen molar-refractivity contribution in [1.82, 2.24) is 19.5 Å². The highest BCUT2D eigenvalue weighted by atomic mass is 19.1. The Bertz CT molecular complexity index is 1660. The van der Waals surface area contributed by atoms with Crippen molar-refractivity contribution in [3.05, 3.63) is 78.1 Å². The normalized spacial score (nSPS) is 21.1. The maximum atomic E-state index is 16.9. The van der Waals surface area contributed by atoms with Crippen LogP contribution in [0.25, 0.3) is 11.2 Å². The number of hydrogen-bond acceptors (Lipinski definition) is 10. The van der Waals surface area contributed by atoms with Gasteiger partial charge in [-0.3, -0.25) is 24.3 Å². The molecule has 0 aliphatic carbocycles. The van der Waals surface area contributed by atoms with Crippen LogP contribution in [0, 0.1) is 5.92 Å². The minimum Gasteiger partial charge on any atom is -0.463 e. The summed E-state index contributed by atoms with van der Waals surface area (Å²) in [6.07, 6.45) is -2.63. The van der Waals surface area contributed by atoms with Gasteiger partial charge in [0.05, 0.1) is 25.1 Å². The van der Waals surface area contributed by atoms with E-state index in [2.05, 4.69) is 25.6 Å². The molecule has 0 saturated carbocycles. The zero-order valence-electron chi connectivity index (χ0n) is 25.4. The van der Waals surface area contributed by atoms with Gasteiger partial charge in [0.2, 0.25) is 11.9 Å². The third kappa shape index (κ3) is 7.09. The third-order valence-electron chi connectivity index (χ3n) is 7.36. The van der Waals surface area contributed by atoms with E-state index in [9.17, 15) is 14.4 Å². The summed E-state index contributed by atoms with van der Waals surface area (Å²) in [5.41, 5.74) is -0.367. The van der Waals surface area contributed by atoms with Crippen LogP contribution in [0.15, 0.2) is 67.0 Å². The molecule has 13 heteroatoms. The van der Waals surface area contributed by atoms with Gasteiger partial charge in [0.1, 0.15) is 12.7 Å². The van der Waals surface area contributed by atoms with E-state index in [1.165, 1.54) is 17.8 Å². The number of anilines is 2. The number of nitrogens with zero attached hydrogens (tertiary/aromatic N) is 4. The second kappa shape index (κ2) is 13.4. The fourth-order valence-electron chi connectivity index (χ4n) is 5.07. The Hall–Kier alpha value is -4.91. The number of nitrogens with one attached hydrogen (secondary N) is 2. The SMILES string of the molecule is CNc1nc(NC(=O)Cc2ccccc2)nc2c1ncn2[C@@H]1O[C@H](COC(=O)C(C)C)[C@@H](OC(=O)Cc2ccccc2)[C@@]1(C)F. The number of rotatable bonds is 11. The van der Waals surface area contributed by atoms with E-state index < -0.39 is 42.0 Å². The largest absolute Gasteiger partial charge is 0.463 e. The molecule has 1 amide bonds. The van der Waals surface area contributed by atoms with E-state index >= 15 is 4.39 Å². The Morgan fingerprint density at radius 3 is 2.29 bits per heavy atom. The van der Waals surface area contributed by atoms with Gasteiger partial charge in [-0.2, -0.15) is 9.97 Å². The molecule has 1 aliphatic rings. The Morgan fingerprint density at radius 1 is 1.02 bits per heavy atom. The predicted octanol–water partition coefficient (Wildman–Crippen LogP) is 4.03. The molecule has 1 aliphatic heterocycles. The van der Waals surface area contributed by atoms with E-state index in [4.69, 9.17) is 14.2 Å². The highest BCUT2D eigenvalue weighted by Crippen LogP contribution is 2.44. The van der Waals surface area contributed by atoms with Gasteiger partial charge in [-0.25, -0.2) is 9.37 Å². The van der Waals surface area contributed by atoms with Crippen molar-refractivity contribution in [2.75, 3.05) is 24.3 Å². The number of amides is 1. The van der Waals surface area contributed by atoms with Gasteiger partial charge >= 0.3 is 11.9 Å². The number of ether oxygens (including phenoxy) is 3. The molecule has 2 aromatic heterocycles. The maximum absolute atomic E-state index is 16.9. The molecule has 3 heterocycles. The number of esters is 2. The number of carbonyl (C=O) groups excluding carboxylic acids is 3. The summed E-state index contributed by atoms with van der Waals surface area (Å²) >= 11 is 0. The summed E-state index contributed by atoms with van der Waals surface area (Å²) in [4.78, 5) is 51.2. The number of aromatic nitrogens is 4. The highest BCUT2D eigenvalue weighted by Gasteiger charge is 2.58. The summed E-state index contributed by atoms with van der Waals surface area (Å²) in [6.45, 7) is 4.24. The quantitative estimate of drug-likeness (QED) is 0.236. The summed E-state index contributed by atoms with van der Waals surface area (Å²) in [5, 5.41) is 5.62. The molecule has 0 bridgehead atoms. The smallest absolute Gasteiger partial charge is 0.310 e. The van der Waals surface area contributed by atoms with E-state index in [1.54, 1.807) is 45.2 Å². The van der Waals surface area contributed by atoms with Crippen LogP contribution < -0.4 is 10.6 Å². The molecule has 1 fully saturated rings. The lowest BCUT2D eigenvalue weighted by molar-refractivity contribution is -0.161. The number of halogens is 1. The van der Waals surface area contributed by atoms with Crippen LogP contribution in [0.5, 0.6) is 0 Å². The zero-order chi connectivity index (χ0) is 32.1. The minimum absolute atomic E-state index is 0.0265. The first kappa shape index (κ1) is 31.5. The molecule has 236 valence electrons. The molecule has 12 nitrogen and oxygen atoms in total. The first-order chi connectivity index (χ1) is 21.6. The summed E-state index contributed by atoms with van der Waals surface area (Å²) in [7, 11) is 1.63. The summed E-state index contributed by atoms with van der Waals surface area (Å²) in [6, 6.07) is 18.1. The van der Waals surface area contributed by atoms with Crippen LogP contribution in [-0.2, 0) is 41.4 Å². The van der Waals surface area contributed by atoms with Crippen LogP contribution in [0.1, 0.15) is 38.1 Å². The van der Waals surface area contributed by atoms with E-state index in [-0.39, 0.29) is 37.0 Å². The number of benzene rings is 2. The lowest BCUT2D eigenvalue weighted by atomic mass is 9.98. The number of imidazole rings is 1. The van der Waals surface area contributed by atoms with E-state index in [0.29, 0.717) is 16.9 Å². The molecule has 45 heavy (non-hydrogen) atoms. The van der Waals surface area contributed by atoms with Crippen LogP contribution in [0.4, 0.5) is 16.2 Å². The number of hydrogen-bond donors (Lipinski definition) is 2. The van der Waals surface area contributed by atoms with E-state index in [0.717, 1.165) is 5.56 Å². The van der Waals surface area contributed by atoms with Gasteiger partial charge in [-0.15, -0.1) is 0 Å². The standard InChI is InChI=1S/C32H35FN6O6/c1-19(2)29(42)43-17-22-26(45-24(41)16-21-13-9-6-10-14-21)32(3,33)30(44-22)39-18-35-25-27(34-4)37-31(38-28(25)39)36-23(40)15-20-11-7-5-8-12-20/h5-14,18-19,22,26,30H,15-17H2,1-4H3,(H2,34,36,37,38,40)/t22-,26-,30-,32-/m1/s1. The van der Waals surface area contributed by atoms with Crippen LogP contribution in [0.3, 0.4) is 0 Å². The topological polar surface area (TPSA) is 147 Å². The predicted molar refractivity (Wildman–Crippen MR) is 163 cm³/mol. The molecular weight excluding hydrogens is 583 g/mol. The van der Waals surface area contributed by atoms with Crippen LogP contribution in [0.2, 0.25) is 0 Å². The van der Waals surface area contributed by atoms with Crippen molar-refractivity contribution >= 4 is 40.8 Å². The lowest BCUT2D eigenvalue weighted by Gasteiger charge is -2.27. The average Bonchev–Trinajstić information content (AvgIpc) is 3.53. The maximum Gasteiger partial charge on any atom is 0.310 e. The first-order valence-corrected chi connectivity index (χ1v) is 14.6. The van der Waals surface area contributed by atoms with Gasteiger partial charge in [-0.1, -0.05) is 74.5 Å². The number of alkyl halides is 1. The fourth-order valence-corrected chi connectivity index (χ4v) is 5.07. The van der Waals surface area contributed by atoms with Crippen molar-refractivity contribution in [1.29, 1.82) is 0 Å². The van der Waals surface area contributed by atoms with Crippen LogP contribution >= 0.6 is 0 Å². The van der Waals surface area contributed by atoms with Crippen molar-refractivity contribution in [3.63, 3.8) is 0 Å². The Balaban J connectivity index is 1.44. The molecule has 1 saturated heterocycles. The molecule has 2 N–H and O–H groups in total. The molecule has 0 unspecified atom stereocenters. The third-order valence-corrected chi connectivity index (χ3v) is 7.36. The molecule has 0 radical (unpaired) electrons. The van der Waals surface area contributed by atoms with Crippen molar-refractivity contribution in [2.24, 2.45) is 5.92 Å². The number of carbonyl (C=O) groups is 3. The van der Waals surface area contributed by atoms with Crippen LogP contribution in [-0.4, -0.2) is 68.9 Å². The summed E-state index contributed by atoms with van der Waals surface area (Å²) < 4.78 is 35.4. The van der Waals surface area contributed by atoms with Gasteiger partial charge < -0.3 is 19.5 Å². The van der Waals surface area contributed by atoms with Crippen molar-refractivity contribution in [2.45, 2.75) is 57.7 Å². The lowest BCUT2D eigenvalue weighted by Crippen LogP contribution is -2.44. The van der Waals surface area contributed by atoms with Gasteiger partial charge in [0, 0.05) is 7.05 Å². The monoisotopic (exact) mass is 618 g/mol. The molecule has 2 aromatic carbocycles. The second-order valence-corrected chi connectivity index (χ2v) is 11.2. The van der Waals surface area contributed by atoms with Crippen molar-refractivity contribution < 1.29 is 33.0 Å². The van der Waals surface area contributed by atoms with Gasteiger partial charge in [0.15, 0.2) is 35.0 Å². The molecule has 4 aromatic rings. The minimum atomic E-state index is -2.32. The second-order valence-electron chi connectivity index (χ2n) is 11.2. The Morgan fingerprint density at radius 2 is 1.67 bits per heavy atom. The highest BCUT2D eigenvalue weighted by molar-refractivity contribution is 5.92. The van der Waals surface area contributed by atoms with E-state index in [1.807, 2.05) is 36.4 Å². The zero-order valence-corrected chi connectivity index (χ0v) is 25.4.